The van der Waals surface area contributed by atoms with Crippen LogP contribution in [0.1, 0.15) is 31.7 Å². The summed E-state index contributed by atoms with van der Waals surface area (Å²) >= 11 is 0. The van der Waals surface area contributed by atoms with Crippen molar-refractivity contribution < 1.29 is 4.74 Å². The highest BCUT2D eigenvalue weighted by Gasteiger charge is 2.19. The molecule has 0 spiro atoms. The van der Waals surface area contributed by atoms with Crippen molar-refractivity contribution in [2.75, 3.05) is 32.8 Å². The van der Waals surface area contributed by atoms with Crippen molar-refractivity contribution in [3.05, 3.63) is 48.0 Å². The quantitative estimate of drug-likeness (QED) is 0.191. The number of nitrogens with two attached hydrogens (primary N) is 1. The summed E-state index contributed by atoms with van der Waals surface area (Å²) in [5, 5.41) is 3.11. The van der Waals surface area contributed by atoms with Gasteiger partial charge in [0.25, 0.3) is 0 Å². The van der Waals surface area contributed by atoms with Crippen LogP contribution in [-0.2, 0) is 11.3 Å². The largest absolute Gasteiger partial charge is 0.378 e. The molecule has 1 aromatic carbocycles. The van der Waals surface area contributed by atoms with Crippen molar-refractivity contribution in [3.63, 3.8) is 0 Å². The maximum absolute atomic E-state index is 6.00. The van der Waals surface area contributed by atoms with Gasteiger partial charge in [-0.15, -0.1) is 24.0 Å². The molecule has 0 aliphatic carbocycles. The van der Waals surface area contributed by atoms with Gasteiger partial charge in [0.05, 0.1) is 12.6 Å². The van der Waals surface area contributed by atoms with E-state index in [1.165, 1.54) is 5.56 Å². The average Bonchev–Trinajstić information content (AvgIpc) is 2.62. The summed E-state index contributed by atoms with van der Waals surface area (Å²) in [6, 6.07) is 10.7. The Morgan fingerprint density at radius 1 is 1.31 bits per heavy atom. The first kappa shape index (κ1) is 22.9. The Hall–Kier alpha value is -1.12. The number of nitrogens with zero attached hydrogens (tertiary/aromatic N) is 2. The summed E-state index contributed by atoms with van der Waals surface area (Å²) in [5.74, 6) is 0.484. The zero-order valence-corrected chi connectivity index (χ0v) is 18.2. The number of nitrogens with one attached hydrogen (secondary N) is 1. The van der Waals surface area contributed by atoms with Gasteiger partial charge in [0.1, 0.15) is 0 Å². The SMILES string of the molecule is C=C(C)CN=C(N)NCCCOC1CCN(Cc2ccccc2)CC1.I. The minimum Gasteiger partial charge on any atom is -0.378 e. The zero-order valence-electron chi connectivity index (χ0n) is 15.8. The van der Waals surface area contributed by atoms with E-state index in [-0.39, 0.29) is 24.0 Å². The van der Waals surface area contributed by atoms with Crippen LogP contribution in [0, 0.1) is 0 Å². The van der Waals surface area contributed by atoms with Crippen LogP contribution >= 0.6 is 24.0 Å². The predicted molar refractivity (Wildman–Crippen MR) is 120 cm³/mol. The van der Waals surface area contributed by atoms with E-state index < -0.39 is 0 Å². The topological polar surface area (TPSA) is 62.9 Å². The Kier molecular flexibility index (Phi) is 11.6. The lowest BCUT2D eigenvalue weighted by Crippen LogP contribution is -2.37. The fourth-order valence-corrected chi connectivity index (χ4v) is 2.89. The van der Waals surface area contributed by atoms with Crippen molar-refractivity contribution in [2.24, 2.45) is 10.7 Å². The van der Waals surface area contributed by atoms with Crippen molar-refractivity contribution in [2.45, 2.75) is 38.8 Å². The van der Waals surface area contributed by atoms with Gasteiger partial charge >= 0.3 is 0 Å². The molecule has 0 saturated carbocycles. The minimum absolute atomic E-state index is 0. The first-order valence-corrected chi connectivity index (χ1v) is 9.19. The highest BCUT2D eigenvalue weighted by molar-refractivity contribution is 14.0. The molecule has 0 aromatic heterocycles. The summed E-state index contributed by atoms with van der Waals surface area (Å²) in [5.41, 5.74) is 8.17. The van der Waals surface area contributed by atoms with Gasteiger partial charge in [-0.3, -0.25) is 4.90 Å². The van der Waals surface area contributed by atoms with Crippen molar-refractivity contribution in [3.8, 4) is 0 Å². The van der Waals surface area contributed by atoms with E-state index in [4.69, 9.17) is 10.5 Å². The van der Waals surface area contributed by atoms with Gasteiger partial charge in [-0.05, 0) is 31.7 Å². The van der Waals surface area contributed by atoms with Gasteiger partial charge in [-0.25, -0.2) is 4.99 Å². The Labute approximate surface area is 175 Å². The lowest BCUT2D eigenvalue weighted by Gasteiger charge is -2.32. The van der Waals surface area contributed by atoms with E-state index in [0.29, 0.717) is 18.6 Å². The molecule has 0 radical (unpaired) electrons. The molecule has 5 nitrogen and oxygen atoms in total. The van der Waals surface area contributed by atoms with E-state index >= 15 is 0 Å². The summed E-state index contributed by atoms with van der Waals surface area (Å²) in [6.07, 6.45) is 3.56. The molecular weight excluding hydrogens is 439 g/mol. The highest BCUT2D eigenvalue weighted by atomic mass is 127. The molecule has 1 aromatic rings. The highest BCUT2D eigenvalue weighted by Crippen LogP contribution is 2.16. The van der Waals surface area contributed by atoms with Crippen LogP contribution in [0.3, 0.4) is 0 Å². The van der Waals surface area contributed by atoms with Crippen LogP contribution in [-0.4, -0.2) is 49.7 Å². The standard InChI is InChI=1S/C20H32N4O.HI/c1-17(2)15-23-20(21)22-11-6-14-25-19-9-12-24(13-10-19)16-18-7-4-3-5-8-18;/h3-5,7-8,19H,1,6,9-16H2,2H3,(H3,21,22,23);1H. The van der Waals surface area contributed by atoms with Gasteiger partial charge in [0, 0.05) is 32.8 Å². The number of aliphatic imine (C=N–C) groups is 1. The molecule has 26 heavy (non-hydrogen) atoms. The second-order valence-corrected chi connectivity index (χ2v) is 6.77. The van der Waals surface area contributed by atoms with Crippen LogP contribution in [0.15, 0.2) is 47.5 Å². The fraction of sp³-hybridized carbons (Fsp3) is 0.550. The third kappa shape index (κ3) is 9.54. The maximum Gasteiger partial charge on any atom is 0.188 e. The second-order valence-electron chi connectivity index (χ2n) is 6.77. The van der Waals surface area contributed by atoms with Gasteiger partial charge in [-0.1, -0.05) is 42.5 Å². The van der Waals surface area contributed by atoms with E-state index in [1.807, 2.05) is 6.92 Å². The minimum atomic E-state index is 0. The number of hydrogen-bond donors (Lipinski definition) is 2. The van der Waals surface area contributed by atoms with Gasteiger partial charge in [-0.2, -0.15) is 0 Å². The fourth-order valence-electron chi connectivity index (χ4n) is 2.89. The van der Waals surface area contributed by atoms with Gasteiger partial charge < -0.3 is 15.8 Å². The van der Waals surface area contributed by atoms with E-state index in [1.54, 1.807) is 0 Å². The third-order valence-corrected chi connectivity index (χ3v) is 4.28. The number of rotatable bonds is 9. The number of ether oxygens (including phenoxy) is 1. The molecule has 1 fully saturated rings. The maximum atomic E-state index is 6.00. The van der Waals surface area contributed by atoms with E-state index in [9.17, 15) is 0 Å². The lowest BCUT2D eigenvalue weighted by atomic mass is 10.1. The molecule has 146 valence electrons. The summed E-state index contributed by atoms with van der Waals surface area (Å²) in [6.45, 7) is 11.1. The van der Waals surface area contributed by atoms with Crippen molar-refractivity contribution in [1.82, 2.24) is 10.2 Å². The third-order valence-electron chi connectivity index (χ3n) is 4.28. The molecule has 1 saturated heterocycles. The van der Waals surface area contributed by atoms with E-state index in [0.717, 1.165) is 57.6 Å². The number of piperidine rings is 1. The lowest BCUT2D eigenvalue weighted by molar-refractivity contribution is 0.00535. The molecule has 1 heterocycles. The number of likely N-dealkylation sites (tertiary alicyclic amines) is 1. The Bertz CT molecular complexity index is 542. The molecule has 0 unspecified atom stereocenters. The van der Waals surface area contributed by atoms with Crippen LogP contribution in [0.4, 0.5) is 0 Å². The molecule has 0 bridgehead atoms. The van der Waals surface area contributed by atoms with Crippen LogP contribution in [0.25, 0.3) is 0 Å². The number of hydrogen-bond acceptors (Lipinski definition) is 3. The van der Waals surface area contributed by atoms with Crippen LogP contribution < -0.4 is 11.1 Å². The van der Waals surface area contributed by atoms with E-state index in [2.05, 4.69) is 52.1 Å². The summed E-state index contributed by atoms with van der Waals surface area (Å²) < 4.78 is 6.00. The second kappa shape index (κ2) is 13.1. The number of benzene rings is 1. The predicted octanol–water partition coefficient (Wildman–Crippen LogP) is 3.16. The monoisotopic (exact) mass is 472 g/mol. The van der Waals surface area contributed by atoms with Gasteiger partial charge in [0.15, 0.2) is 5.96 Å². The molecule has 0 atom stereocenters. The Morgan fingerprint density at radius 2 is 2.00 bits per heavy atom. The normalized spacial score (nSPS) is 16.1. The van der Waals surface area contributed by atoms with Crippen LogP contribution in [0.2, 0.25) is 0 Å². The molecule has 0 amide bonds. The zero-order chi connectivity index (χ0) is 17.9. The first-order valence-electron chi connectivity index (χ1n) is 9.19. The number of halogens is 1. The van der Waals surface area contributed by atoms with Crippen molar-refractivity contribution in [1.29, 1.82) is 0 Å². The Morgan fingerprint density at radius 3 is 2.65 bits per heavy atom. The molecule has 3 N–H and O–H groups in total. The van der Waals surface area contributed by atoms with Gasteiger partial charge in [0.2, 0.25) is 0 Å². The first-order chi connectivity index (χ1) is 12.1. The molecule has 6 heteroatoms. The van der Waals surface area contributed by atoms with Crippen molar-refractivity contribution >= 4 is 29.9 Å². The summed E-state index contributed by atoms with van der Waals surface area (Å²) in [7, 11) is 0. The molecule has 1 aliphatic rings. The Balaban J connectivity index is 0.00000338. The average molecular weight is 472 g/mol. The summed E-state index contributed by atoms with van der Waals surface area (Å²) in [4.78, 5) is 6.70. The molecular formula is C20H33IN4O. The number of guanidine groups is 1. The smallest absolute Gasteiger partial charge is 0.188 e. The molecule has 1 aliphatic heterocycles. The molecule has 2 rings (SSSR count). The van der Waals surface area contributed by atoms with Crippen LogP contribution in [0.5, 0.6) is 0 Å².